The number of ether oxygens (including phenoxy) is 6. The number of nitrogens with one attached hydrogen (secondary N) is 1. The van der Waals surface area contributed by atoms with Gasteiger partial charge in [-0.25, -0.2) is 0 Å². The Labute approximate surface area is 672 Å². The highest BCUT2D eigenvalue weighted by Gasteiger charge is 2.54. The van der Waals surface area contributed by atoms with E-state index in [1.54, 1.807) is 0 Å². The largest absolute Gasteiger partial charge is 0.394 e. The molecule has 12 N–H and O–H groups in total. The van der Waals surface area contributed by atoms with Crippen LogP contribution in [0.2, 0.25) is 0 Å². The van der Waals surface area contributed by atoms with Crippen LogP contribution in [0, 0.1) is 0 Å². The number of amides is 1. The zero-order valence-electron chi connectivity index (χ0n) is 70.8. The summed E-state index contributed by atoms with van der Waals surface area (Å²) < 4.78 is 34.6. The summed E-state index contributed by atoms with van der Waals surface area (Å²) in [4.78, 5) is 13.6. The Morgan fingerprint density at radius 1 is 0.291 bits per heavy atom. The van der Waals surface area contributed by atoms with Crippen LogP contribution in [-0.4, -0.2) is 193 Å². The first kappa shape index (κ1) is 103. The van der Waals surface area contributed by atoms with E-state index in [1.807, 2.05) is 0 Å². The molecule has 0 aromatic rings. The molecule has 3 fully saturated rings. The Hall–Kier alpha value is -1.21. The fraction of sp³-hybridized carbons (Fsp3) is 0.989. The Kier molecular flexibility index (Phi) is 67.3. The zero-order chi connectivity index (χ0) is 79.5. The molecule has 0 saturated carbocycles. The van der Waals surface area contributed by atoms with E-state index in [2.05, 4.69) is 19.2 Å². The molecule has 0 radical (unpaired) electrons. The van der Waals surface area contributed by atoms with Crippen molar-refractivity contribution in [3.8, 4) is 0 Å². The van der Waals surface area contributed by atoms with Gasteiger partial charge in [0.1, 0.15) is 73.2 Å². The van der Waals surface area contributed by atoms with Gasteiger partial charge in [-0.1, -0.05) is 425 Å². The van der Waals surface area contributed by atoms with Gasteiger partial charge in [0.2, 0.25) is 5.91 Å². The molecule has 3 aliphatic rings. The molecule has 110 heavy (non-hydrogen) atoms. The summed E-state index contributed by atoms with van der Waals surface area (Å²) >= 11 is 0. The fourth-order valence-corrected chi connectivity index (χ4v) is 16.7. The SMILES string of the molecule is CCCCCCCCCCCCCCCCCCCCCCCCCCCCCCCCCCCCCCCC(=O)NC(COC1OC(CO)C(OC2OC(CO)C(OC3OC(CO)C(O)C(O)C3O)C(O)C2O)C(O)C1O)C(O)CCCCCCCCCCCCCCCCCCCCCCCCCCCCCC. The summed E-state index contributed by atoms with van der Waals surface area (Å²) in [6.07, 6.45) is 60.9. The molecular weight excluding hydrogens is 1390 g/mol. The van der Waals surface area contributed by atoms with Crippen LogP contribution in [-0.2, 0) is 33.2 Å². The van der Waals surface area contributed by atoms with E-state index < -0.39 is 124 Å². The minimum atomic E-state index is -1.97. The Bertz CT molecular complexity index is 1980. The van der Waals surface area contributed by atoms with Gasteiger partial charge in [-0.05, 0) is 12.8 Å². The third kappa shape index (κ3) is 49.9. The molecule has 3 heterocycles. The maximum atomic E-state index is 13.6. The summed E-state index contributed by atoms with van der Waals surface area (Å²) in [6, 6.07) is -0.885. The molecular formula is C91H177NO18. The van der Waals surface area contributed by atoms with Crippen LogP contribution in [0.1, 0.15) is 444 Å². The van der Waals surface area contributed by atoms with Crippen LogP contribution in [0.4, 0.5) is 0 Å². The van der Waals surface area contributed by atoms with Gasteiger partial charge in [-0.15, -0.1) is 0 Å². The second-order valence-corrected chi connectivity index (χ2v) is 34.2. The first-order valence-corrected chi connectivity index (χ1v) is 47.3. The van der Waals surface area contributed by atoms with Gasteiger partial charge in [-0.3, -0.25) is 4.79 Å². The Morgan fingerprint density at radius 2 is 0.518 bits per heavy atom. The van der Waals surface area contributed by atoms with E-state index in [-0.39, 0.29) is 18.9 Å². The Balaban J connectivity index is 1.29. The molecule has 17 unspecified atom stereocenters. The number of hydrogen-bond donors (Lipinski definition) is 12. The first-order valence-electron chi connectivity index (χ1n) is 47.3. The van der Waals surface area contributed by atoms with Gasteiger partial charge in [0.05, 0.1) is 38.6 Å². The van der Waals surface area contributed by atoms with E-state index in [9.17, 15) is 61.0 Å². The molecule has 0 spiro atoms. The average Bonchev–Trinajstić information content (AvgIpc) is 0.784. The summed E-state index contributed by atoms with van der Waals surface area (Å²) in [7, 11) is 0. The van der Waals surface area contributed by atoms with E-state index in [4.69, 9.17) is 28.4 Å². The van der Waals surface area contributed by atoms with Gasteiger partial charge in [-0.2, -0.15) is 0 Å². The molecule has 3 rings (SSSR count). The molecule has 17 atom stereocenters. The highest BCUT2D eigenvalue weighted by Crippen LogP contribution is 2.34. The topological polar surface area (TPSA) is 307 Å². The second-order valence-electron chi connectivity index (χ2n) is 34.2. The van der Waals surface area contributed by atoms with Gasteiger partial charge >= 0.3 is 0 Å². The molecule has 0 aliphatic carbocycles. The Morgan fingerprint density at radius 3 is 0.791 bits per heavy atom. The molecule has 654 valence electrons. The van der Waals surface area contributed by atoms with Crippen LogP contribution < -0.4 is 5.32 Å². The lowest BCUT2D eigenvalue weighted by molar-refractivity contribution is -0.379. The minimum Gasteiger partial charge on any atom is -0.394 e. The maximum absolute atomic E-state index is 13.6. The fourth-order valence-electron chi connectivity index (χ4n) is 16.7. The maximum Gasteiger partial charge on any atom is 0.220 e. The number of carbonyl (C=O) groups is 1. The summed E-state index contributed by atoms with van der Waals surface area (Å²) in [6.45, 7) is 1.90. The molecule has 19 nitrogen and oxygen atoms in total. The molecule has 1 amide bonds. The summed E-state index contributed by atoms with van der Waals surface area (Å²) in [5, 5.41) is 121. The van der Waals surface area contributed by atoms with Crippen molar-refractivity contribution in [3.63, 3.8) is 0 Å². The van der Waals surface area contributed by atoms with Crippen molar-refractivity contribution in [1.82, 2.24) is 5.32 Å². The molecule has 0 aromatic heterocycles. The highest BCUT2D eigenvalue weighted by molar-refractivity contribution is 5.76. The van der Waals surface area contributed by atoms with Crippen molar-refractivity contribution in [2.24, 2.45) is 0 Å². The highest BCUT2D eigenvalue weighted by atomic mass is 16.8. The third-order valence-electron chi connectivity index (χ3n) is 24.2. The lowest BCUT2D eigenvalue weighted by Gasteiger charge is -2.48. The quantitative estimate of drug-likeness (QED) is 0.0252. The van der Waals surface area contributed by atoms with E-state index in [0.717, 1.165) is 44.9 Å². The third-order valence-corrected chi connectivity index (χ3v) is 24.2. The number of aliphatic hydroxyl groups is 11. The van der Waals surface area contributed by atoms with Crippen LogP contribution in [0.15, 0.2) is 0 Å². The number of rotatable bonds is 79. The molecule has 3 aliphatic heterocycles. The second kappa shape index (κ2) is 71.9. The molecule has 3 saturated heterocycles. The number of carbonyl (C=O) groups excluding carboxylic acids is 1. The number of hydrogen-bond acceptors (Lipinski definition) is 18. The van der Waals surface area contributed by atoms with Gasteiger partial charge in [0, 0.05) is 6.42 Å². The van der Waals surface area contributed by atoms with Crippen LogP contribution in [0.5, 0.6) is 0 Å². The van der Waals surface area contributed by atoms with Crippen molar-refractivity contribution in [1.29, 1.82) is 0 Å². The van der Waals surface area contributed by atoms with Crippen molar-refractivity contribution >= 4 is 5.91 Å². The predicted octanol–water partition coefficient (Wildman–Crippen LogP) is 18.5. The van der Waals surface area contributed by atoms with Crippen molar-refractivity contribution < 1.29 is 89.4 Å². The van der Waals surface area contributed by atoms with Crippen LogP contribution >= 0.6 is 0 Å². The summed E-state index contributed by atoms with van der Waals surface area (Å²) in [5.74, 6) is -0.230. The normalized spacial score (nSPS) is 25.0. The monoisotopic (exact) mass is 1570 g/mol. The van der Waals surface area contributed by atoms with Crippen molar-refractivity contribution in [2.45, 2.75) is 548 Å². The smallest absolute Gasteiger partial charge is 0.220 e. The van der Waals surface area contributed by atoms with E-state index in [1.165, 1.54) is 366 Å². The predicted molar refractivity (Wildman–Crippen MR) is 444 cm³/mol. The van der Waals surface area contributed by atoms with Gasteiger partial charge < -0.3 is 89.9 Å². The lowest BCUT2D eigenvalue weighted by atomic mass is 9.96. The first-order chi connectivity index (χ1) is 53.8. The van der Waals surface area contributed by atoms with Gasteiger partial charge in [0.15, 0.2) is 18.9 Å². The van der Waals surface area contributed by atoms with E-state index >= 15 is 0 Å². The zero-order valence-corrected chi connectivity index (χ0v) is 70.8. The molecule has 19 heteroatoms. The minimum absolute atomic E-state index is 0.230. The number of unbranched alkanes of at least 4 members (excludes halogenated alkanes) is 63. The lowest BCUT2D eigenvalue weighted by Crippen LogP contribution is -2.66. The molecule has 0 aromatic carbocycles. The van der Waals surface area contributed by atoms with Crippen molar-refractivity contribution in [3.05, 3.63) is 0 Å². The van der Waals surface area contributed by atoms with Crippen LogP contribution in [0.25, 0.3) is 0 Å². The summed E-state index contributed by atoms with van der Waals surface area (Å²) in [5.41, 5.74) is 0. The number of aliphatic hydroxyl groups excluding tert-OH is 11. The van der Waals surface area contributed by atoms with Crippen molar-refractivity contribution in [2.75, 3.05) is 26.4 Å². The standard InChI is InChI=1S/C91H177NO18/c1-3-5-7-9-11-13-15-17-19-21-23-25-27-29-31-33-34-35-36-37-38-39-40-41-43-45-47-49-51-53-55-57-59-61-63-65-67-69-79(97)92-74(75(96)68-66-64-62-60-58-56-54-52-50-48-46-44-42-32-30-28-26-24-22-20-18-16-14-12-10-8-6-4-2)73-105-89-85(103)82(100)87(77(71-94)107-89)110-91-86(104)83(101)88(78(72-95)108-91)109-90-84(102)81(99)80(98)76(70-93)106-90/h74-78,80-91,93-96,98-104H,3-73H2,1-2H3,(H,92,97). The van der Waals surface area contributed by atoms with Crippen LogP contribution in [0.3, 0.4) is 0 Å². The molecule has 0 bridgehead atoms. The van der Waals surface area contributed by atoms with Gasteiger partial charge in [0.25, 0.3) is 0 Å². The average molecular weight is 1570 g/mol. The van der Waals surface area contributed by atoms with E-state index in [0.29, 0.717) is 12.8 Å².